The van der Waals surface area contributed by atoms with E-state index < -0.39 is 5.60 Å². The Bertz CT molecular complexity index is 752. The van der Waals surface area contributed by atoms with E-state index in [0.717, 1.165) is 11.3 Å². The van der Waals surface area contributed by atoms with Crippen LogP contribution in [0.3, 0.4) is 0 Å². The van der Waals surface area contributed by atoms with E-state index in [9.17, 15) is 4.79 Å². The van der Waals surface area contributed by atoms with Gasteiger partial charge in [-0.2, -0.15) is 0 Å². The van der Waals surface area contributed by atoms with Crippen LogP contribution in [-0.4, -0.2) is 23.1 Å². The number of nitrogens with one attached hydrogen (secondary N) is 1. The van der Waals surface area contributed by atoms with E-state index in [4.69, 9.17) is 4.74 Å². The minimum atomic E-state index is -0.480. The Kier molecular flexibility index (Phi) is 5.33. The number of hydrazine groups is 1. The fourth-order valence-corrected chi connectivity index (χ4v) is 3.28. The monoisotopic (exact) mass is 352 g/mol. The Hall–Kier alpha value is -2.33. The van der Waals surface area contributed by atoms with E-state index in [1.165, 1.54) is 5.56 Å². The van der Waals surface area contributed by atoms with Gasteiger partial charge in [-0.15, -0.1) is 0 Å². The maximum absolute atomic E-state index is 12.8. The zero-order chi connectivity index (χ0) is 18.7. The molecule has 1 N–H and O–H groups in total. The summed E-state index contributed by atoms with van der Waals surface area (Å²) in [6, 6.07) is 18.7. The Labute approximate surface area is 156 Å². The van der Waals surface area contributed by atoms with Crippen molar-refractivity contribution in [1.82, 2.24) is 5.01 Å². The molecule has 138 valence electrons. The summed E-state index contributed by atoms with van der Waals surface area (Å²) in [6.07, 6.45) is 0.677. The van der Waals surface area contributed by atoms with E-state index in [-0.39, 0.29) is 17.9 Å². The molecule has 0 saturated heterocycles. The van der Waals surface area contributed by atoms with Gasteiger partial charge in [-0.25, -0.2) is 5.01 Å². The van der Waals surface area contributed by atoms with Gasteiger partial charge in [-0.05, 0) is 51.3 Å². The molecule has 26 heavy (non-hydrogen) atoms. The molecular formula is C22H28N2O2. The number of ether oxygens (including phenoxy) is 1. The number of benzene rings is 2. The highest BCUT2D eigenvalue weighted by Gasteiger charge is 2.32. The first kappa shape index (κ1) is 18.5. The van der Waals surface area contributed by atoms with Gasteiger partial charge in [0, 0.05) is 6.54 Å². The highest BCUT2D eigenvalue weighted by atomic mass is 16.6. The standard InChI is InChI=1S/C22H28N2O2/c1-16(17-10-6-5-7-11-17)24-15-19(21(25)26-22(2,3)4)14-18-12-8-9-13-20(18)23-24/h5-13,16,19,23H,14-15H2,1-4H3. The summed E-state index contributed by atoms with van der Waals surface area (Å²) in [7, 11) is 0. The van der Waals surface area contributed by atoms with Crippen LogP contribution in [0.5, 0.6) is 0 Å². The first-order chi connectivity index (χ1) is 12.3. The molecule has 0 amide bonds. The van der Waals surface area contributed by atoms with E-state index in [0.29, 0.717) is 13.0 Å². The molecule has 2 unspecified atom stereocenters. The Morgan fingerprint density at radius 2 is 1.77 bits per heavy atom. The summed E-state index contributed by atoms with van der Waals surface area (Å²) in [5.41, 5.74) is 6.46. The quantitative estimate of drug-likeness (QED) is 0.820. The van der Waals surface area contributed by atoms with Gasteiger partial charge in [0.1, 0.15) is 5.60 Å². The number of nitrogens with zero attached hydrogens (tertiary/aromatic N) is 1. The normalized spacial score (nSPS) is 19.0. The highest BCUT2D eigenvalue weighted by molar-refractivity contribution is 5.74. The van der Waals surface area contributed by atoms with Gasteiger partial charge in [-0.1, -0.05) is 48.5 Å². The van der Waals surface area contributed by atoms with Crippen molar-refractivity contribution >= 4 is 11.7 Å². The van der Waals surface area contributed by atoms with Crippen LogP contribution in [0.1, 0.15) is 44.9 Å². The summed E-state index contributed by atoms with van der Waals surface area (Å²) in [5, 5.41) is 2.15. The molecule has 4 nitrogen and oxygen atoms in total. The first-order valence-electron chi connectivity index (χ1n) is 9.22. The second kappa shape index (κ2) is 7.50. The lowest BCUT2D eigenvalue weighted by Crippen LogP contribution is -2.40. The van der Waals surface area contributed by atoms with Crippen molar-refractivity contribution in [3.05, 3.63) is 65.7 Å². The molecule has 0 fully saturated rings. The number of hydrogen-bond acceptors (Lipinski definition) is 4. The smallest absolute Gasteiger partial charge is 0.311 e. The van der Waals surface area contributed by atoms with Gasteiger partial charge in [-0.3, -0.25) is 4.79 Å². The summed E-state index contributed by atoms with van der Waals surface area (Å²) in [6.45, 7) is 8.50. The zero-order valence-electron chi connectivity index (χ0n) is 16.0. The summed E-state index contributed by atoms with van der Waals surface area (Å²) < 4.78 is 5.69. The van der Waals surface area contributed by atoms with E-state index >= 15 is 0 Å². The van der Waals surface area contributed by atoms with Crippen LogP contribution < -0.4 is 5.43 Å². The molecule has 0 bridgehead atoms. The van der Waals surface area contributed by atoms with E-state index in [2.05, 4.69) is 41.6 Å². The summed E-state index contributed by atoms with van der Waals surface area (Å²) >= 11 is 0. The molecule has 1 heterocycles. The van der Waals surface area contributed by atoms with Crippen molar-refractivity contribution in [2.45, 2.75) is 45.8 Å². The molecule has 1 aliphatic heterocycles. The van der Waals surface area contributed by atoms with Crippen LogP contribution in [0, 0.1) is 5.92 Å². The lowest BCUT2D eigenvalue weighted by Gasteiger charge is -2.31. The number of esters is 1. The molecule has 0 aliphatic carbocycles. The predicted octanol–water partition coefficient (Wildman–Crippen LogP) is 4.59. The largest absolute Gasteiger partial charge is 0.460 e. The predicted molar refractivity (Wildman–Crippen MR) is 105 cm³/mol. The van der Waals surface area contributed by atoms with Gasteiger partial charge in [0.15, 0.2) is 0 Å². The molecular weight excluding hydrogens is 324 g/mol. The maximum Gasteiger partial charge on any atom is 0.311 e. The molecule has 0 spiro atoms. The Morgan fingerprint density at radius 3 is 2.46 bits per heavy atom. The lowest BCUT2D eigenvalue weighted by atomic mass is 9.98. The molecule has 0 saturated carbocycles. The average molecular weight is 352 g/mol. The number of rotatable bonds is 3. The van der Waals surface area contributed by atoms with Crippen LogP contribution >= 0.6 is 0 Å². The maximum atomic E-state index is 12.8. The third-order valence-corrected chi connectivity index (χ3v) is 4.65. The zero-order valence-corrected chi connectivity index (χ0v) is 16.0. The molecule has 2 aromatic rings. The molecule has 1 aliphatic rings. The Morgan fingerprint density at radius 1 is 1.12 bits per heavy atom. The summed E-state index contributed by atoms with van der Waals surface area (Å²) in [5.74, 6) is -0.349. The van der Waals surface area contributed by atoms with Gasteiger partial charge >= 0.3 is 5.97 Å². The number of carbonyl (C=O) groups is 1. The molecule has 3 rings (SSSR count). The highest BCUT2D eigenvalue weighted by Crippen LogP contribution is 2.30. The van der Waals surface area contributed by atoms with Crippen molar-refractivity contribution in [3.8, 4) is 0 Å². The first-order valence-corrected chi connectivity index (χ1v) is 9.22. The minimum absolute atomic E-state index is 0.132. The fourth-order valence-electron chi connectivity index (χ4n) is 3.28. The van der Waals surface area contributed by atoms with Crippen molar-refractivity contribution in [2.24, 2.45) is 5.92 Å². The molecule has 2 aromatic carbocycles. The molecule has 4 heteroatoms. The average Bonchev–Trinajstić information content (AvgIpc) is 2.80. The van der Waals surface area contributed by atoms with Crippen LogP contribution in [0.4, 0.5) is 5.69 Å². The van der Waals surface area contributed by atoms with Crippen molar-refractivity contribution < 1.29 is 9.53 Å². The van der Waals surface area contributed by atoms with Gasteiger partial charge in [0.05, 0.1) is 17.6 Å². The third-order valence-electron chi connectivity index (χ3n) is 4.65. The number of para-hydroxylation sites is 1. The SMILES string of the molecule is CC(c1ccccc1)N1CC(C(=O)OC(C)(C)C)Cc2ccccc2N1. The van der Waals surface area contributed by atoms with E-state index in [1.54, 1.807) is 0 Å². The fraction of sp³-hybridized carbons (Fsp3) is 0.409. The second-order valence-electron chi connectivity index (χ2n) is 7.94. The summed E-state index contributed by atoms with van der Waals surface area (Å²) in [4.78, 5) is 12.8. The number of anilines is 1. The van der Waals surface area contributed by atoms with Gasteiger partial charge in [0.2, 0.25) is 0 Å². The van der Waals surface area contributed by atoms with Crippen molar-refractivity contribution in [3.63, 3.8) is 0 Å². The molecule has 2 atom stereocenters. The molecule has 0 radical (unpaired) electrons. The van der Waals surface area contributed by atoms with Gasteiger partial charge < -0.3 is 10.2 Å². The lowest BCUT2D eigenvalue weighted by molar-refractivity contribution is -0.160. The van der Waals surface area contributed by atoms with Crippen molar-refractivity contribution in [2.75, 3.05) is 12.0 Å². The van der Waals surface area contributed by atoms with Crippen LogP contribution in [0.25, 0.3) is 0 Å². The topological polar surface area (TPSA) is 41.6 Å². The Balaban J connectivity index is 1.89. The van der Waals surface area contributed by atoms with Gasteiger partial charge in [0.25, 0.3) is 0 Å². The minimum Gasteiger partial charge on any atom is -0.460 e. The van der Waals surface area contributed by atoms with Crippen LogP contribution in [0.2, 0.25) is 0 Å². The molecule has 0 aromatic heterocycles. The third kappa shape index (κ3) is 4.44. The number of fused-ring (bicyclic) bond motifs is 1. The number of hydrogen-bond donors (Lipinski definition) is 1. The number of carbonyl (C=O) groups excluding carboxylic acids is 1. The van der Waals surface area contributed by atoms with Crippen molar-refractivity contribution in [1.29, 1.82) is 0 Å². The second-order valence-corrected chi connectivity index (χ2v) is 7.94. The van der Waals surface area contributed by atoms with E-state index in [1.807, 2.05) is 51.1 Å². The van der Waals surface area contributed by atoms with Crippen LogP contribution in [-0.2, 0) is 16.0 Å². The van der Waals surface area contributed by atoms with Crippen LogP contribution in [0.15, 0.2) is 54.6 Å².